The number of hydrogen-bond acceptors (Lipinski definition) is 3. The molecule has 0 aromatic rings. The first-order chi connectivity index (χ1) is 4.34. The molecule has 2 atom stereocenters. The highest BCUT2D eigenvalue weighted by molar-refractivity contribution is 7.99. The Kier molecular flexibility index (Phi) is 2.82. The predicted octanol–water partition coefficient (Wildman–Crippen LogP) is 0.466. The summed E-state index contributed by atoms with van der Waals surface area (Å²) in [6, 6.07) is 0.274. The Bertz CT molecular complexity index is 89.1. The Balaban J connectivity index is 2.30. The maximum absolute atomic E-state index is 5.75. The zero-order valence-electron chi connectivity index (χ0n) is 5.67. The van der Waals surface area contributed by atoms with E-state index < -0.39 is 0 Å². The van der Waals surface area contributed by atoms with Gasteiger partial charge in [-0.2, -0.15) is 11.8 Å². The molecule has 2 unspecified atom stereocenters. The van der Waals surface area contributed by atoms with Gasteiger partial charge in [0.25, 0.3) is 0 Å². The quantitative estimate of drug-likeness (QED) is 0.585. The SMILES string of the molecule is COC1CSCCC1N. The van der Waals surface area contributed by atoms with Gasteiger partial charge in [0.1, 0.15) is 0 Å². The van der Waals surface area contributed by atoms with E-state index in [0.29, 0.717) is 6.10 Å². The monoisotopic (exact) mass is 147 g/mol. The Morgan fingerprint density at radius 3 is 2.89 bits per heavy atom. The molecule has 3 heteroatoms. The van der Waals surface area contributed by atoms with Gasteiger partial charge in [-0.3, -0.25) is 0 Å². The maximum Gasteiger partial charge on any atom is 0.0812 e. The summed E-state index contributed by atoms with van der Waals surface area (Å²) in [7, 11) is 1.73. The first-order valence-electron chi connectivity index (χ1n) is 3.20. The van der Waals surface area contributed by atoms with Crippen LogP contribution in [0.15, 0.2) is 0 Å². The van der Waals surface area contributed by atoms with Crippen LogP contribution in [-0.2, 0) is 4.74 Å². The van der Waals surface area contributed by atoms with Crippen molar-refractivity contribution >= 4 is 11.8 Å². The zero-order chi connectivity index (χ0) is 6.69. The number of methoxy groups -OCH3 is 1. The van der Waals surface area contributed by atoms with Gasteiger partial charge in [0.2, 0.25) is 0 Å². The fraction of sp³-hybridized carbons (Fsp3) is 1.00. The average molecular weight is 147 g/mol. The number of rotatable bonds is 1. The topological polar surface area (TPSA) is 35.2 Å². The summed E-state index contributed by atoms with van der Waals surface area (Å²) >= 11 is 1.93. The first-order valence-corrected chi connectivity index (χ1v) is 4.36. The Labute approximate surface area is 60.1 Å². The van der Waals surface area contributed by atoms with Crippen LogP contribution in [0.25, 0.3) is 0 Å². The van der Waals surface area contributed by atoms with Crippen LogP contribution in [0.3, 0.4) is 0 Å². The van der Waals surface area contributed by atoms with Crippen LogP contribution in [0.2, 0.25) is 0 Å². The smallest absolute Gasteiger partial charge is 0.0812 e. The molecule has 0 aromatic heterocycles. The van der Waals surface area contributed by atoms with Gasteiger partial charge in [0.05, 0.1) is 6.10 Å². The van der Waals surface area contributed by atoms with Crippen molar-refractivity contribution in [1.29, 1.82) is 0 Å². The highest BCUT2D eigenvalue weighted by Crippen LogP contribution is 2.17. The molecular formula is C6H13NOS. The van der Waals surface area contributed by atoms with Gasteiger partial charge in [0, 0.05) is 18.9 Å². The minimum atomic E-state index is 0.274. The van der Waals surface area contributed by atoms with E-state index in [0.717, 1.165) is 12.2 Å². The molecule has 1 aliphatic rings. The molecule has 0 saturated carbocycles. The normalized spacial score (nSPS) is 36.7. The van der Waals surface area contributed by atoms with Crippen LogP contribution >= 0.6 is 11.8 Å². The number of nitrogens with two attached hydrogens (primary N) is 1. The molecule has 2 N–H and O–H groups in total. The molecule has 0 radical (unpaired) electrons. The van der Waals surface area contributed by atoms with Gasteiger partial charge >= 0.3 is 0 Å². The molecule has 9 heavy (non-hydrogen) atoms. The summed E-state index contributed by atoms with van der Waals surface area (Å²) in [6.07, 6.45) is 1.40. The fourth-order valence-electron chi connectivity index (χ4n) is 0.971. The molecule has 1 heterocycles. The van der Waals surface area contributed by atoms with E-state index in [2.05, 4.69) is 0 Å². The minimum Gasteiger partial charge on any atom is -0.379 e. The highest BCUT2D eigenvalue weighted by Gasteiger charge is 2.20. The lowest BCUT2D eigenvalue weighted by atomic mass is 10.1. The van der Waals surface area contributed by atoms with Crippen molar-refractivity contribution in [2.45, 2.75) is 18.6 Å². The summed E-state index contributed by atoms with van der Waals surface area (Å²) in [5.41, 5.74) is 5.75. The van der Waals surface area contributed by atoms with Crippen LogP contribution in [0.5, 0.6) is 0 Å². The zero-order valence-corrected chi connectivity index (χ0v) is 6.49. The molecule has 0 aliphatic carbocycles. The maximum atomic E-state index is 5.75. The molecule has 0 amide bonds. The molecule has 54 valence electrons. The van der Waals surface area contributed by atoms with Gasteiger partial charge in [-0.25, -0.2) is 0 Å². The Hall–Kier alpha value is 0.270. The standard InChI is InChI=1S/C6H13NOS/c1-8-6-4-9-3-2-5(6)7/h5-6H,2-4,7H2,1H3. The second kappa shape index (κ2) is 3.44. The Morgan fingerprint density at radius 1 is 1.67 bits per heavy atom. The van der Waals surface area contributed by atoms with Crippen molar-refractivity contribution in [3.8, 4) is 0 Å². The van der Waals surface area contributed by atoms with E-state index in [4.69, 9.17) is 10.5 Å². The van der Waals surface area contributed by atoms with E-state index in [1.54, 1.807) is 7.11 Å². The van der Waals surface area contributed by atoms with Crippen molar-refractivity contribution in [3.05, 3.63) is 0 Å². The third kappa shape index (κ3) is 1.85. The van der Waals surface area contributed by atoms with E-state index in [1.807, 2.05) is 11.8 Å². The second-order valence-electron chi connectivity index (χ2n) is 2.30. The lowest BCUT2D eigenvalue weighted by Gasteiger charge is -2.26. The first kappa shape index (κ1) is 7.38. The predicted molar refractivity (Wildman–Crippen MR) is 40.7 cm³/mol. The third-order valence-electron chi connectivity index (χ3n) is 1.66. The van der Waals surface area contributed by atoms with E-state index in [9.17, 15) is 0 Å². The number of hydrogen-bond donors (Lipinski definition) is 1. The molecule has 2 nitrogen and oxygen atoms in total. The molecule has 0 aromatic carbocycles. The van der Waals surface area contributed by atoms with Crippen molar-refractivity contribution in [3.63, 3.8) is 0 Å². The molecule has 0 bridgehead atoms. The summed E-state index contributed by atoms with van der Waals surface area (Å²) in [5.74, 6) is 2.26. The summed E-state index contributed by atoms with van der Waals surface area (Å²) < 4.78 is 5.16. The lowest BCUT2D eigenvalue weighted by Crippen LogP contribution is -2.41. The Morgan fingerprint density at radius 2 is 2.44 bits per heavy atom. The molecule has 1 saturated heterocycles. The second-order valence-corrected chi connectivity index (χ2v) is 3.45. The number of ether oxygens (including phenoxy) is 1. The lowest BCUT2D eigenvalue weighted by molar-refractivity contribution is 0.0959. The van der Waals surface area contributed by atoms with Crippen LogP contribution in [0, 0.1) is 0 Å². The van der Waals surface area contributed by atoms with Gasteiger partial charge < -0.3 is 10.5 Å². The van der Waals surface area contributed by atoms with Gasteiger partial charge in [-0.05, 0) is 12.2 Å². The van der Waals surface area contributed by atoms with Crippen LogP contribution in [-0.4, -0.2) is 30.8 Å². The van der Waals surface area contributed by atoms with Gasteiger partial charge in [-0.1, -0.05) is 0 Å². The molecule has 1 fully saturated rings. The molecule has 1 aliphatic heterocycles. The summed E-state index contributed by atoms with van der Waals surface area (Å²) in [4.78, 5) is 0. The highest BCUT2D eigenvalue weighted by atomic mass is 32.2. The van der Waals surface area contributed by atoms with Crippen molar-refractivity contribution in [2.75, 3.05) is 18.6 Å². The summed E-state index contributed by atoms with van der Waals surface area (Å²) in [6.45, 7) is 0. The van der Waals surface area contributed by atoms with Gasteiger partial charge in [0.15, 0.2) is 0 Å². The van der Waals surface area contributed by atoms with Crippen molar-refractivity contribution in [2.24, 2.45) is 5.73 Å². The number of thioether (sulfide) groups is 1. The van der Waals surface area contributed by atoms with Crippen LogP contribution in [0.1, 0.15) is 6.42 Å². The van der Waals surface area contributed by atoms with E-state index >= 15 is 0 Å². The largest absolute Gasteiger partial charge is 0.379 e. The molecular weight excluding hydrogens is 134 g/mol. The van der Waals surface area contributed by atoms with E-state index in [-0.39, 0.29) is 6.04 Å². The summed E-state index contributed by atoms with van der Waals surface area (Å²) in [5, 5.41) is 0. The van der Waals surface area contributed by atoms with Crippen LogP contribution < -0.4 is 5.73 Å². The fourth-order valence-corrected chi connectivity index (χ4v) is 2.19. The van der Waals surface area contributed by atoms with Crippen LogP contribution in [0.4, 0.5) is 0 Å². The van der Waals surface area contributed by atoms with Crippen molar-refractivity contribution in [1.82, 2.24) is 0 Å². The molecule has 0 spiro atoms. The van der Waals surface area contributed by atoms with Crippen molar-refractivity contribution < 1.29 is 4.74 Å². The molecule has 1 rings (SSSR count). The third-order valence-corrected chi connectivity index (χ3v) is 2.75. The minimum absolute atomic E-state index is 0.274. The van der Waals surface area contributed by atoms with Gasteiger partial charge in [-0.15, -0.1) is 0 Å². The average Bonchev–Trinajstić information content (AvgIpc) is 1.89. The van der Waals surface area contributed by atoms with E-state index in [1.165, 1.54) is 5.75 Å².